The van der Waals surface area contributed by atoms with E-state index in [1.807, 2.05) is 32.0 Å². The number of rotatable bonds is 2. The van der Waals surface area contributed by atoms with E-state index in [1.165, 1.54) is 0 Å². The van der Waals surface area contributed by atoms with Crippen LogP contribution in [0.1, 0.15) is 21.5 Å². The lowest BCUT2D eigenvalue weighted by molar-refractivity contribution is 0.102. The number of amides is 1. The highest BCUT2D eigenvalue weighted by Gasteiger charge is 2.10. The molecule has 98 valence electrons. The third-order valence-electron chi connectivity index (χ3n) is 2.86. The van der Waals surface area contributed by atoms with Crippen molar-refractivity contribution in [2.45, 2.75) is 13.8 Å². The summed E-state index contributed by atoms with van der Waals surface area (Å²) in [5.74, 6) is -0.147. The molecule has 2 rings (SSSR count). The second kappa shape index (κ2) is 5.76. The Morgan fingerprint density at radius 1 is 1.16 bits per heavy atom. The van der Waals surface area contributed by atoms with Gasteiger partial charge in [0.05, 0.1) is 5.69 Å². The standard InChI is InChI=1S/C15H13BrClNO/c1-9-4-3-5-13(14(9)16)18-15(19)11-6-7-12(17)10(2)8-11/h3-8H,1-2H3,(H,18,19). The Hall–Kier alpha value is -1.32. The van der Waals surface area contributed by atoms with E-state index in [2.05, 4.69) is 21.2 Å². The average molecular weight is 339 g/mol. The van der Waals surface area contributed by atoms with Crippen molar-refractivity contribution >= 4 is 39.1 Å². The lowest BCUT2D eigenvalue weighted by atomic mass is 10.1. The van der Waals surface area contributed by atoms with Gasteiger partial charge in [-0.15, -0.1) is 0 Å². The van der Waals surface area contributed by atoms with Gasteiger partial charge in [-0.2, -0.15) is 0 Å². The second-order valence-electron chi connectivity index (χ2n) is 4.35. The summed E-state index contributed by atoms with van der Waals surface area (Å²) in [6.45, 7) is 3.86. The van der Waals surface area contributed by atoms with Gasteiger partial charge in [-0.1, -0.05) is 23.7 Å². The van der Waals surface area contributed by atoms with Crippen LogP contribution < -0.4 is 5.32 Å². The van der Waals surface area contributed by atoms with E-state index in [9.17, 15) is 4.79 Å². The van der Waals surface area contributed by atoms with Gasteiger partial charge in [0.15, 0.2) is 0 Å². The molecule has 19 heavy (non-hydrogen) atoms. The van der Waals surface area contributed by atoms with E-state index in [0.29, 0.717) is 10.6 Å². The predicted octanol–water partition coefficient (Wildman–Crippen LogP) is 4.97. The molecule has 0 spiro atoms. The molecule has 0 aromatic heterocycles. The third kappa shape index (κ3) is 3.17. The quantitative estimate of drug-likeness (QED) is 0.823. The van der Waals surface area contributed by atoms with Crippen LogP contribution in [0.15, 0.2) is 40.9 Å². The van der Waals surface area contributed by atoms with E-state index in [0.717, 1.165) is 21.3 Å². The minimum absolute atomic E-state index is 0.147. The van der Waals surface area contributed by atoms with Crippen molar-refractivity contribution in [1.82, 2.24) is 0 Å². The molecule has 0 saturated carbocycles. The second-order valence-corrected chi connectivity index (χ2v) is 5.55. The maximum Gasteiger partial charge on any atom is 0.255 e. The van der Waals surface area contributed by atoms with E-state index in [-0.39, 0.29) is 5.91 Å². The first-order valence-corrected chi connectivity index (χ1v) is 6.99. The van der Waals surface area contributed by atoms with E-state index in [1.54, 1.807) is 18.2 Å². The molecular weight excluding hydrogens is 326 g/mol. The zero-order valence-electron chi connectivity index (χ0n) is 10.6. The van der Waals surface area contributed by atoms with Gasteiger partial charge in [0.25, 0.3) is 5.91 Å². The van der Waals surface area contributed by atoms with Crippen LogP contribution in [0.3, 0.4) is 0 Å². The van der Waals surface area contributed by atoms with Crippen LogP contribution in [0.25, 0.3) is 0 Å². The molecule has 2 nitrogen and oxygen atoms in total. The Balaban J connectivity index is 2.26. The summed E-state index contributed by atoms with van der Waals surface area (Å²) in [6.07, 6.45) is 0. The van der Waals surface area contributed by atoms with E-state index in [4.69, 9.17) is 11.6 Å². The molecule has 0 aliphatic heterocycles. The zero-order chi connectivity index (χ0) is 14.0. The number of nitrogens with one attached hydrogen (secondary N) is 1. The Morgan fingerprint density at radius 3 is 2.58 bits per heavy atom. The molecule has 1 N–H and O–H groups in total. The fraction of sp³-hybridized carbons (Fsp3) is 0.133. The fourth-order valence-corrected chi connectivity index (χ4v) is 2.21. The Labute approximate surface area is 125 Å². The molecule has 2 aromatic rings. The molecule has 0 atom stereocenters. The van der Waals surface area contributed by atoms with Crippen LogP contribution in [-0.4, -0.2) is 5.91 Å². The molecular formula is C15H13BrClNO. The van der Waals surface area contributed by atoms with Crippen molar-refractivity contribution in [2.75, 3.05) is 5.32 Å². The van der Waals surface area contributed by atoms with Crippen LogP contribution in [-0.2, 0) is 0 Å². The topological polar surface area (TPSA) is 29.1 Å². The lowest BCUT2D eigenvalue weighted by Gasteiger charge is -2.10. The number of hydrogen-bond donors (Lipinski definition) is 1. The number of carbonyl (C=O) groups is 1. The highest BCUT2D eigenvalue weighted by atomic mass is 79.9. The molecule has 0 bridgehead atoms. The number of aryl methyl sites for hydroxylation is 2. The minimum Gasteiger partial charge on any atom is -0.321 e. The number of hydrogen-bond acceptors (Lipinski definition) is 1. The molecule has 0 saturated heterocycles. The summed E-state index contributed by atoms with van der Waals surface area (Å²) >= 11 is 9.42. The van der Waals surface area contributed by atoms with Crippen LogP contribution in [0.2, 0.25) is 5.02 Å². The zero-order valence-corrected chi connectivity index (χ0v) is 13.0. The summed E-state index contributed by atoms with van der Waals surface area (Å²) < 4.78 is 0.897. The number of carbonyl (C=O) groups excluding carboxylic acids is 1. The van der Waals surface area contributed by atoms with Crippen LogP contribution in [0.4, 0.5) is 5.69 Å². The first-order chi connectivity index (χ1) is 8.99. The van der Waals surface area contributed by atoms with E-state index < -0.39 is 0 Å². The Morgan fingerprint density at radius 2 is 1.89 bits per heavy atom. The highest BCUT2D eigenvalue weighted by Crippen LogP contribution is 2.26. The summed E-state index contributed by atoms with van der Waals surface area (Å²) in [4.78, 5) is 12.2. The van der Waals surface area contributed by atoms with Gasteiger partial charge in [0.2, 0.25) is 0 Å². The van der Waals surface area contributed by atoms with Crippen molar-refractivity contribution < 1.29 is 4.79 Å². The predicted molar refractivity (Wildman–Crippen MR) is 83.0 cm³/mol. The van der Waals surface area contributed by atoms with Gasteiger partial charge in [-0.05, 0) is 65.2 Å². The van der Waals surface area contributed by atoms with Gasteiger partial charge < -0.3 is 5.32 Å². The first-order valence-electron chi connectivity index (χ1n) is 5.81. The first kappa shape index (κ1) is 14.1. The monoisotopic (exact) mass is 337 g/mol. The fourth-order valence-electron chi connectivity index (χ4n) is 1.72. The molecule has 0 aliphatic rings. The van der Waals surface area contributed by atoms with E-state index >= 15 is 0 Å². The maximum atomic E-state index is 12.2. The number of anilines is 1. The smallest absolute Gasteiger partial charge is 0.255 e. The molecule has 0 fully saturated rings. The molecule has 0 heterocycles. The van der Waals surface area contributed by atoms with Crippen molar-refractivity contribution in [3.63, 3.8) is 0 Å². The third-order valence-corrected chi connectivity index (χ3v) is 4.34. The van der Waals surface area contributed by atoms with Crippen molar-refractivity contribution in [2.24, 2.45) is 0 Å². The summed E-state index contributed by atoms with van der Waals surface area (Å²) in [5.41, 5.74) is 3.32. The van der Waals surface area contributed by atoms with Gasteiger partial charge in [-0.25, -0.2) is 0 Å². The largest absolute Gasteiger partial charge is 0.321 e. The van der Waals surface area contributed by atoms with Gasteiger partial charge in [0, 0.05) is 15.1 Å². The lowest BCUT2D eigenvalue weighted by Crippen LogP contribution is -2.12. The number of halogens is 2. The molecule has 0 radical (unpaired) electrons. The maximum absolute atomic E-state index is 12.2. The van der Waals surface area contributed by atoms with Crippen LogP contribution >= 0.6 is 27.5 Å². The van der Waals surface area contributed by atoms with Crippen molar-refractivity contribution in [3.8, 4) is 0 Å². The molecule has 2 aromatic carbocycles. The summed E-state index contributed by atoms with van der Waals surface area (Å²) in [6, 6.07) is 11.0. The van der Waals surface area contributed by atoms with Gasteiger partial charge >= 0.3 is 0 Å². The van der Waals surface area contributed by atoms with Gasteiger partial charge in [-0.3, -0.25) is 4.79 Å². The summed E-state index contributed by atoms with van der Waals surface area (Å²) in [7, 11) is 0. The number of benzene rings is 2. The normalized spacial score (nSPS) is 10.3. The highest BCUT2D eigenvalue weighted by molar-refractivity contribution is 9.10. The van der Waals surface area contributed by atoms with Crippen LogP contribution in [0, 0.1) is 13.8 Å². The van der Waals surface area contributed by atoms with Crippen molar-refractivity contribution in [1.29, 1.82) is 0 Å². The van der Waals surface area contributed by atoms with Crippen LogP contribution in [0.5, 0.6) is 0 Å². The summed E-state index contributed by atoms with van der Waals surface area (Å²) in [5, 5.41) is 3.55. The SMILES string of the molecule is Cc1cc(C(=O)Nc2cccc(C)c2Br)ccc1Cl. The minimum atomic E-state index is -0.147. The Bertz CT molecular complexity index is 640. The molecule has 4 heteroatoms. The average Bonchev–Trinajstić information content (AvgIpc) is 2.38. The molecule has 1 amide bonds. The molecule has 0 aliphatic carbocycles. The molecule has 0 unspecified atom stereocenters. The van der Waals surface area contributed by atoms with Crippen molar-refractivity contribution in [3.05, 3.63) is 62.6 Å². The van der Waals surface area contributed by atoms with Gasteiger partial charge in [0.1, 0.15) is 0 Å². The Kier molecular flexibility index (Phi) is 4.27.